The smallest absolute Gasteiger partial charge is 0.323 e. The van der Waals surface area contributed by atoms with Gasteiger partial charge in [-0.05, 0) is 59.0 Å². The van der Waals surface area contributed by atoms with Gasteiger partial charge in [-0.25, -0.2) is 0 Å². The van der Waals surface area contributed by atoms with E-state index in [0.29, 0.717) is 19.6 Å². The number of carboxylic acid groups (broad SMARTS) is 1. The van der Waals surface area contributed by atoms with Gasteiger partial charge in [-0.15, -0.1) is 0 Å². The molecule has 0 heterocycles. The summed E-state index contributed by atoms with van der Waals surface area (Å²) >= 11 is 0. The van der Waals surface area contributed by atoms with Gasteiger partial charge in [0.15, 0.2) is 0 Å². The zero-order valence-electron chi connectivity index (χ0n) is 22.4. The Bertz CT molecular complexity index is 453. The standard InChI is InChI=1S/C28H55NO4/c1-5-7-8-9-10-11-12-13-14-15-16-17-18-19-20-21-23-32-24-22-25-33-26(6-2)27(28(30)31)29(3)4/h13-14,26-27H,5-12,15-25H2,1-4H3,(H,30,31). The number of ether oxygens (including phenoxy) is 2. The van der Waals surface area contributed by atoms with Crippen LogP contribution in [0.3, 0.4) is 0 Å². The largest absolute Gasteiger partial charge is 0.480 e. The fourth-order valence-corrected chi connectivity index (χ4v) is 4.09. The van der Waals surface area contributed by atoms with E-state index < -0.39 is 12.0 Å². The van der Waals surface area contributed by atoms with Gasteiger partial charge in [0.2, 0.25) is 0 Å². The van der Waals surface area contributed by atoms with Crippen molar-refractivity contribution in [2.75, 3.05) is 33.9 Å². The normalized spacial score (nSPS) is 13.7. The summed E-state index contributed by atoms with van der Waals surface area (Å²) in [6.07, 6.45) is 24.4. The lowest BCUT2D eigenvalue weighted by atomic mass is 10.1. The summed E-state index contributed by atoms with van der Waals surface area (Å²) < 4.78 is 11.5. The first-order valence-electron chi connectivity index (χ1n) is 13.8. The second-order valence-corrected chi connectivity index (χ2v) is 9.47. The maximum atomic E-state index is 11.4. The van der Waals surface area contributed by atoms with Crippen LogP contribution in [0.4, 0.5) is 0 Å². The van der Waals surface area contributed by atoms with Crippen LogP contribution in [-0.4, -0.2) is 62.0 Å². The number of hydrogen-bond donors (Lipinski definition) is 1. The van der Waals surface area contributed by atoms with Crippen molar-refractivity contribution in [3.8, 4) is 0 Å². The third-order valence-corrected chi connectivity index (χ3v) is 6.13. The number of unbranched alkanes of at least 4 members (excludes halogenated alkanes) is 12. The van der Waals surface area contributed by atoms with Crippen LogP contribution >= 0.6 is 0 Å². The molecule has 0 aliphatic heterocycles. The van der Waals surface area contributed by atoms with Crippen LogP contribution in [0.15, 0.2) is 12.2 Å². The zero-order chi connectivity index (χ0) is 24.6. The van der Waals surface area contributed by atoms with Crippen LogP contribution in [0.5, 0.6) is 0 Å². The Kier molecular flexibility index (Phi) is 23.6. The number of aliphatic carboxylic acids is 1. The molecule has 0 amide bonds. The molecule has 0 radical (unpaired) electrons. The summed E-state index contributed by atoms with van der Waals surface area (Å²) in [5.41, 5.74) is 0. The van der Waals surface area contributed by atoms with Crippen molar-refractivity contribution in [2.24, 2.45) is 0 Å². The molecule has 0 rings (SSSR count). The molecule has 0 aromatic rings. The van der Waals surface area contributed by atoms with Gasteiger partial charge in [0.05, 0.1) is 6.10 Å². The number of allylic oxidation sites excluding steroid dienone is 2. The van der Waals surface area contributed by atoms with E-state index in [0.717, 1.165) is 19.4 Å². The van der Waals surface area contributed by atoms with Crippen molar-refractivity contribution in [3.05, 3.63) is 12.2 Å². The first-order valence-corrected chi connectivity index (χ1v) is 13.8. The average molecular weight is 470 g/mol. The van der Waals surface area contributed by atoms with Crippen LogP contribution in [0.2, 0.25) is 0 Å². The number of likely N-dealkylation sites (N-methyl/N-ethyl adjacent to an activating group) is 1. The fraction of sp³-hybridized carbons (Fsp3) is 0.893. The van der Waals surface area contributed by atoms with Crippen LogP contribution in [0, 0.1) is 0 Å². The van der Waals surface area contributed by atoms with Crippen molar-refractivity contribution >= 4 is 5.97 Å². The molecule has 5 nitrogen and oxygen atoms in total. The van der Waals surface area contributed by atoms with Crippen LogP contribution in [-0.2, 0) is 14.3 Å². The van der Waals surface area contributed by atoms with Crippen LogP contribution in [0.25, 0.3) is 0 Å². The van der Waals surface area contributed by atoms with Gasteiger partial charge in [-0.2, -0.15) is 0 Å². The summed E-state index contributed by atoms with van der Waals surface area (Å²) in [5.74, 6) is -0.830. The lowest BCUT2D eigenvalue weighted by Gasteiger charge is -2.28. The third kappa shape index (κ3) is 20.2. The molecule has 0 saturated carbocycles. The highest BCUT2D eigenvalue weighted by Crippen LogP contribution is 2.11. The lowest BCUT2D eigenvalue weighted by Crippen LogP contribution is -2.46. The summed E-state index contributed by atoms with van der Waals surface area (Å²) in [6, 6.07) is -0.600. The molecule has 1 N–H and O–H groups in total. The molecular weight excluding hydrogens is 414 g/mol. The van der Waals surface area contributed by atoms with Gasteiger partial charge in [-0.1, -0.05) is 83.8 Å². The molecule has 0 bridgehead atoms. The highest BCUT2D eigenvalue weighted by atomic mass is 16.5. The minimum atomic E-state index is -0.830. The summed E-state index contributed by atoms with van der Waals surface area (Å²) in [7, 11) is 3.56. The predicted octanol–water partition coefficient (Wildman–Crippen LogP) is 7.24. The van der Waals surface area contributed by atoms with E-state index in [1.54, 1.807) is 19.0 Å². The Morgan fingerprint density at radius 2 is 1.27 bits per heavy atom. The van der Waals surface area contributed by atoms with E-state index in [2.05, 4.69) is 19.1 Å². The van der Waals surface area contributed by atoms with Crippen LogP contribution in [0.1, 0.15) is 117 Å². The van der Waals surface area contributed by atoms with Crippen molar-refractivity contribution in [1.82, 2.24) is 4.90 Å². The van der Waals surface area contributed by atoms with Gasteiger partial charge in [0.25, 0.3) is 0 Å². The molecule has 2 atom stereocenters. The molecular formula is C28H55NO4. The molecule has 2 unspecified atom stereocenters. The molecule has 33 heavy (non-hydrogen) atoms. The molecule has 0 fully saturated rings. The molecule has 0 aromatic heterocycles. The topological polar surface area (TPSA) is 59.0 Å². The number of nitrogens with zero attached hydrogens (tertiary/aromatic N) is 1. The van der Waals surface area contributed by atoms with Gasteiger partial charge in [0.1, 0.15) is 6.04 Å². The highest BCUT2D eigenvalue weighted by Gasteiger charge is 2.29. The quantitative estimate of drug-likeness (QED) is 0.113. The summed E-state index contributed by atoms with van der Waals surface area (Å²) in [5, 5.41) is 9.37. The fourth-order valence-electron chi connectivity index (χ4n) is 4.09. The second-order valence-electron chi connectivity index (χ2n) is 9.47. The van der Waals surface area contributed by atoms with Crippen molar-refractivity contribution in [2.45, 2.75) is 129 Å². The first kappa shape index (κ1) is 32.1. The molecule has 0 spiro atoms. The Morgan fingerprint density at radius 1 is 0.758 bits per heavy atom. The highest BCUT2D eigenvalue weighted by molar-refractivity contribution is 5.74. The van der Waals surface area contributed by atoms with Crippen LogP contribution < -0.4 is 0 Å². The number of carboxylic acids is 1. The average Bonchev–Trinajstić information content (AvgIpc) is 2.78. The minimum absolute atomic E-state index is 0.284. The molecule has 196 valence electrons. The minimum Gasteiger partial charge on any atom is -0.480 e. The lowest BCUT2D eigenvalue weighted by molar-refractivity contribution is -0.148. The van der Waals surface area contributed by atoms with Crippen molar-refractivity contribution < 1.29 is 19.4 Å². The number of rotatable bonds is 25. The van der Waals surface area contributed by atoms with E-state index in [9.17, 15) is 9.90 Å². The number of carbonyl (C=O) groups is 1. The van der Waals surface area contributed by atoms with Crippen molar-refractivity contribution in [3.63, 3.8) is 0 Å². The zero-order valence-corrected chi connectivity index (χ0v) is 22.4. The van der Waals surface area contributed by atoms with Gasteiger partial charge >= 0.3 is 5.97 Å². The molecule has 0 aliphatic rings. The number of hydrogen-bond acceptors (Lipinski definition) is 4. The summed E-state index contributed by atoms with van der Waals surface area (Å²) in [6.45, 7) is 6.28. The Balaban J connectivity index is 3.40. The Labute approximate surface area is 205 Å². The molecule has 0 aliphatic carbocycles. The van der Waals surface area contributed by atoms with Gasteiger partial charge in [-0.3, -0.25) is 9.69 Å². The summed E-state index contributed by atoms with van der Waals surface area (Å²) in [4.78, 5) is 13.1. The first-order chi connectivity index (χ1) is 16.0. The monoisotopic (exact) mass is 469 g/mol. The third-order valence-electron chi connectivity index (χ3n) is 6.13. The molecule has 0 saturated heterocycles. The molecule has 0 aromatic carbocycles. The predicted molar refractivity (Wildman–Crippen MR) is 140 cm³/mol. The Morgan fingerprint density at radius 3 is 1.79 bits per heavy atom. The molecule has 5 heteroatoms. The van der Waals surface area contributed by atoms with E-state index in [1.165, 1.54) is 83.5 Å². The maximum absolute atomic E-state index is 11.4. The SMILES string of the molecule is CCCCCCCCC=CCCCCCCCCOCCCOC(CC)C(C(=O)O)N(C)C. The van der Waals surface area contributed by atoms with E-state index >= 15 is 0 Å². The van der Waals surface area contributed by atoms with Gasteiger partial charge < -0.3 is 14.6 Å². The van der Waals surface area contributed by atoms with Crippen molar-refractivity contribution in [1.29, 1.82) is 0 Å². The van der Waals surface area contributed by atoms with Gasteiger partial charge in [0, 0.05) is 19.8 Å². The van der Waals surface area contributed by atoms with E-state index in [-0.39, 0.29) is 6.10 Å². The maximum Gasteiger partial charge on any atom is 0.323 e. The van der Waals surface area contributed by atoms with E-state index in [4.69, 9.17) is 9.47 Å². The van der Waals surface area contributed by atoms with E-state index in [1.807, 2.05) is 6.92 Å². The Hall–Kier alpha value is -0.910. The second kappa shape index (κ2) is 24.2.